The molecule has 0 bridgehead atoms. The van der Waals surface area contributed by atoms with Crippen LogP contribution in [0, 0.1) is 0 Å². The number of aliphatic hydroxyl groups excluding tert-OH is 1. The molecule has 2 rings (SSSR count). The van der Waals surface area contributed by atoms with Crippen molar-refractivity contribution in [2.75, 3.05) is 0 Å². The maximum absolute atomic E-state index is 13.1. The Morgan fingerprint density at radius 1 is 0.852 bits per heavy atom. The molecule has 2 aromatic carbocycles. The van der Waals surface area contributed by atoms with Crippen LogP contribution in [0.1, 0.15) is 92.6 Å². The normalized spacial score (nSPS) is 13.3. The molecule has 0 aromatic heterocycles. The van der Waals surface area contributed by atoms with Gasteiger partial charge in [-0.25, -0.2) is 0 Å². The molecule has 2 nitrogen and oxygen atoms in total. The van der Waals surface area contributed by atoms with Gasteiger partial charge in [-0.05, 0) is 37.7 Å². The van der Waals surface area contributed by atoms with Crippen molar-refractivity contribution in [1.82, 2.24) is 0 Å². The number of unbranched alkanes of at least 4 members (excludes halogenated alkanes) is 4. The van der Waals surface area contributed by atoms with Gasteiger partial charge in [-0.2, -0.15) is 0 Å². The lowest BCUT2D eigenvalue weighted by molar-refractivity contribution is 0.103. The molecule has 0 radical (unpaired) electrons. The molecule has 2 atom stereocenters. The van der Waals surface area contributed by atoms with Gasteiger partial charge < -0.3 is 5.11 Å². The molecule has 0 heterocycles. The third-order valence-corrected chi connectivity index (χ3v) is 5.27. The molecule has 1 N–H and O–H groups in total. The molecule has 0 aliphatic rings. The van der Waals surface area contributed by atoms with Crippen molar-refractivity contribution in [2.24, 2.45) is 0 Å². The topological polar surface area (TPSA) is 37.3 Å². The van der Waals surface area contributed by atoms with Crippen molar-refractivity contribution in [2.45, 2.75) is 77.2 Å². The van der Waals surface area contributed by atoms with Gasteiger partial charge in [0.1, 0.15) is 0 Å². The average Bonchev–Trinajstić information content (AvgIpc) is 2.70. The molecule has 0 amide bonds. The second kappa shape index (κ2) is 11.7. The molecular weight excluding hydrogens is 332 g/mol. The number of aliphatic hydroxyl groups is 1. The summed E-state index contributed by atoms with van der Waals surface area (Å²) in [6, 6.07) is 17.6. The van der Waals surface area contributed by atoms with Crippen molar-refractivity contribution < 1.29 is 9.90 Å². The number of hydrogen-bond donors (Lipinski definition) is 1. The Kier molecular flexibility index (Phi) is 9.27. The Balaban J connectivity index is 2.19. The zero-order valence-electron chi connectivity index (χ0n) is 16.9. The zero-order valence-corrected chi connectivity index (χ0v) is 16.9. The molecule has 2 unspecified atom stereocenters. The fraction of sp³-hybridized carbons (Fsp3) is 0.480. The maximum Gasteiger partial charge on any atom is 0.193 e. The summed E-state index contributed by atoms with van der Waals surface area (Å²) in [6.07, 6.45) is 8.72. The molecule has 146 valence electrons. The number of rotatable bonds is 12. The van der Waals surface area contributed by atoms with E-state index in [1.165, 1.54) is 32.1 Å². The lowest BCUT2D eigenvalue weighted by atomic mass is 9.83. The highest BCUT2D eigenvalue weighted by Gasteiger charge is 2.20. The maximum atomic E-state index is 13.1. The molecule has 0 spiro atoms. The second-order valence-electron chi connectivity index (χ2n) is 7.61. The van der Waals surface area contributed by atoms with E-state index in [0.717, 1.165) is 36.0 Å². The fourth-order valence-electron chi connectivity index (χ4n) is 3.70. The lowest BCUT2D eigenvalue weighted by Gasteiger charge is -2.21. The van der Waals surface area contributed by atoms with Crippen LogP contribution in [-0.2, 0) is 0 Å². The van der Waals surface area contributed by atoms with Crippen LogP contribution in [0.25, 0.3) is 0 Å². The minimum atomic E-state index is -0.301. The highest BCUT2D eigenvalue weighted by molar-refractivity contribution is 6.10. The Bertz CT molecular complexity index is 676. The molecule has 2 heteroatoms. The Morgan fingerprint density at radius 2 is 1.52 bits per heavy atom. The van der Waals surface area contributed by atoms with Crippen molar-refractivity contribution in [3.63, 3.8) is 0 Å². The number of hydrogen-bond acceptors (Lipinski definition) is 2. The van der Waals surface area contributed by atoms with E-state index in [1.807, 2.05) is 55.5 Å². The molecule has 2 aromatic rings. The van der Waals surface area contributed by atoms with E-state index < -0.39 is 0 Å². The Morgan fingerprint density at radius 3 is 2.22 bits per heavy atom. The van der Waals surface area contributed by atoms with Crippen LogP contribution in [0.15, 0.2) is 54.6 Å². The predicted octanol–water partition coefficient (Wildman–Crippen LogP) is 6.52. The van der Waals surface area contributed by atoms with E-state index in [1.54, 1.807) is 0 Å². The third kappa shape index (κ3) is 6.95. The monoisotopic (exact) mass is 366 g/mol. The van der Waals surface area contributed by atoms with Crippen LogP contribution in [0.4, 0.5) is 0 Å². The van der Waals surface area contributed by atoms with Gasteiger partial charge in [0.25, 0.3) is 0 Å². The molecule has 0 aliphatic heterocycles. The van der Waals surface area contributed by atoms with Crippen LogP contribution in [0.5, 0.6) is 0 Å². The number of benzene rings is 2. The number of ketones is 1. The van der Waals surface area contributed by atoms with Crippen LogP contribution >= 0.6 is 0 Å². The van der Waals surface area contributed by atoms with E-state index in [2.05, 4.69) is 13.0 Å². The van der Waals surface area contributed by atoms with Gasteiger partial charge in [0, 0.05) is 11.1 Å². The smallest absolute Gasteiger partial charge is 0.193 e. The van der Waals surface area contributed by atoms with E-state index in [4.69, 9.17) is 0 Å². The second-order valence-corrected chi connectivity index (χ2v) is 7.61. The minimum absolute atomic E-state index is 0.0965. The van der Waals surface area contributed by atoms with E-state index in [0.29, 0.717) is 5.92 Å². The summed E-state index contributed by atoms with van der Waals surface area (Å²) in [7, 11) is 0. The highest BCUT2D eigenvalue weighted by Crippen LogP contribution is 2.31. The van der Waals surface area contributed by atoms with E-state index in [-0.39, 0.29) is 11.9 Å². The van der Waals surface area contributed by atoms with Gasteiger partial charge >= 0.3 is 0 Å². The first-order chi connectivity index (χ1) is 13.1. The first-order valence-electron chi connectivity index (χ1n) is 10.5. The summed E-state index contributed by atoms with van der Waals surface area (Å²) in [5, 5.41) is 9.78. The van der Waals surface area contributed by atoms with Gasteiger partial charge in [0.05, 0.1) is 6.10 Å². The van der Waals surface area contributed by atoms with Crippen LogP contribution in [-0.4, -0.2) is 17.0 Å². The van der Waals surface area contributed by atoms with Gasteiger partial charge in [-0.15, -0.1) is 0 Å². The van der Waals surface area contributed by atoms with E-state index >= 15 is 0 Å². The minimum Gasteiger partial charge on any atom is -0.393 e. The lowest BCUT2D eigenvalue weighted by Crippen LogP contribution is -2.11. The first kappa shape index (κ1) is 21.4. The van der Waals surface area contributed by atoms with E-state index in [9.17, 15) is 9.90 Å². The van der Waals surface area contributed by atoms with Crippen LogP contribution < -0.4 is 0 Å². The fourth-order valence-corrected chi connectivity index (χ4v) is 3.70. The zero-order chi connectivity index (χ0) is 19.5. The standard InChI is InChI=1S/C25H34O2/c1-3-4-5-6-8-13-21(19-18-20(2)26)23-16-11-12-17-24(23)25(27)22-14-9-7-10-15-22/h7,9-12,14-17,20-21,26H,3-6,8,13,18-19H2,1-2H3. The van der Waals surface area contributed by atoms with Crippen LogP contribution in [0.2, 0.25) is 0 Å². The Hall–Kier alpha value is -1.93. The summed E-state index contributed by atoms with van der Waals surface area (Å²) in [6.45, 7) is 4.08. The average molecular weight is 367 g/mol. The third-order valence-electron chi connectivity index (χ3n) is 5.27. The number of carbonyl (C=O) groups excluding carboxylic acids is 1. The quantitative estimate of drug-likeness (QED) is 0.343. The summed E-state index contributed by atoms with van der Waals surface area (Å²) in [5.41, 5.74) is 2.69. The largest absolute Gasteiger partial charge is 0.393 e. The Labute approximate surface area is 164 Å². The molecular formula is C25H34O2. The van der Waals surface area contributed by atoms with Gasteiger partial charge in [-0.1, -0.05) is 93.6 Å². The van der Waals surface area contributed by atoms with Crippen molar-refractivity contribution in [3.8, 4) is 0 Å². The molecule has 0 saturated heterocycles. The predicted molar refractivity (Wildman–Crippen MR) is 113 cm³/mol. The summed E-state index contributed by atoms with van der Waals surface area (Å²) < 4.78 is 0. The number of carbonyl (C=O) groups is 1. The highest BCUT2D eigenvalue weighted by atomic mass is 16.3. The molecule has 0 saturated carbocycles. The molecule has 0 aliphatic carbocycles. The SMILES string of the molecule is CCCCCCCC(CCC(C)O)c1ccccc1C(=O)c1ccccc1. The molecule has 0 fully saturated rings. The summed E-state index contributed by atoms with van der Waals surface area (Å²) in [4.78, 5) is 13.1. The summed E-state index contributed by atoms with van der Waals surface area (Å²) in [5.74, 6) is 0.421. The van der Waals surface area contributed by atoms with Crippen molar-refractivity contribution in [3.05, 3.63) is 71.3 Å². The first-order valence-corrected chi connectivity index (χ1v) is 10.5. The van der Waals surface area contributed by atoms with Gasteiger partial charge in [-0.3, -0.25) is 4.79 Å². The van der Waals surface area contributed by atoms with Crippen molar-refractivity contribution >= 4 is 5.78 Å². The van der Waals surface area contributed by atoms with Gasteiger partial charge in [0.15, 0.2) is 5.78 Å². The summed E-state index contributed by atoms with van der Waals surface area (Å²) >= 11 is 0. The van der Waals surface area contributed by atoms with Crippen LogP contribution in [0.3, 0.4) is 0 Å². The molecule has 27 heavy (non-hydrogen) atoms. The van der Waals surface area contributed by atoms with Gasteiger partial charge in [0.2, 0.25) is 0 Å². The van der Waals surface area contributed by atoms with Crippen molar-refractivity contribution in [1.29, 1.82) is 0 Å².